The predicted molar refractivity (Wildman–Crippen MR) is 156 cm³/mol. The average Bonchev–Trinajstić information content (AvgIpc) is 3.71. The third-order valence-corrected chi connectivity index (χ3v) is 10.9. The van der Waals surface area contributed by atoms with Gasteiger partial charge in [-0.15, -0.1) is 18.3 Å². The standard InChI is InChI=1S/C31H39Cl2NOS/c1-5-17-30(4)19-27(21-9-8-10-25(33)18-21)28(34-29(30)35)20-31(22-11-12-22,36-26(6-2)7-3)23-13-15-24(32)16-14-23/h5,8-10,13-16,18,22,26-28H,1,6-7,11-12,17,19-20H2,2-4H3,(H,34,35)/t27-,28+,30+,31+/m1/s1. The minimum atomic E-state index is -0.476. The van der Waals surface area contributed by atoms with Crippen molar-refractivity contribution in [2.24, 2.45) is 11.3 Å². The van der Waals surface area contributed by atoms with Crippen LogP contribution in [-0.2, 0) is 9.54 Å². The molecule has 0 aromatic heterocycles. The van der Waals surface area contributed by atoms with Crippen LogP contribution < -0.4 is 5.32 Å². The van der Waals surface area contributed by atoms with E-state index in [2.05, 4.69) is 68.7 Å². The second-order valence-electron chi connectivity index (χ2n) is 10.9. The number of carbonyl (C=O) groups excluding carboxylic acids is 1. The Bertz CT molecular complexity index is 1060. The molecular weight excluding hydrogens is 505 g/mol. The molecule has 1 saturated heterocycles. The second-order valence-corrected chi connectivity index (χ2v) is 13.4. The molecule has 2 aromatic carbocycles. The first-order valence-electron chi connectivity index (χ1n) is 13.4. The van der Waals surface area contributed by atoms with Gasteiger partial charge in [0.25, 0.3) is 0 Å². The maximum Gasteiger partial charge on any atom is 0.226 e. The van der Waals surface area contributed by atoms with Gasteiger partial charge in [0.15, 0.2) is 0 Å². The van der Waals surface area contributed by atoms with Gasteiger partial charge in [0.05, 0.1) is 5.41 Å². The van der Waals surface area contributed by atoms with Crippen molar-refractivity contribution in [2.75, 3.05) is 0 Å². The fourth-order valence-electron chi connectivity index (χ4n) is 6.03. The summed E-state index contributed by atoms with van der Waals surface area (Å²) >= 11 is 14.9. The van der Waals surface area contributed by atoms with Crippen LogP contribution in [0.4, 0.5) is 0 Å². The van der Waals surface area contributed by atoms with Crippen LogP contribution in [0.25, 0.3) is 0 Å². The zero-order chi connectivity index (χ0) is 25.9. The van der Waals surface area contributed by atoms with Crippen LogP contribution in [0.2, 0.25) is 10.0 Å². The molecule has 2 fully saturated rings. The molecule has 5 heteroatoms. The van der Waals surface area contributed by atoms with Crippen LogP contribution >= 0.6 is 35.0 Å². The summed E-state index contributed by atoms with van der Waals surface area (Å²) < 4.78 is -0.0672. The summed E-state index contributed by atoms with van der Waals surface area (Å²) in [6.45, 7) is 10.6. The van der Waals surface area contributed by atoms with E-state index in [1.165, 1.54) is 24.0 Å². The first-order valence-corrected chi connectivity index (χ1v) is 15.0. The van der Waals surface area contributed by atoms with Gasteiger partial charge in [-0.2, -0.15) is 0 Å². The number of nitrogens with one attached hydrogen (secondary N) is 1. The van der Waals surface area contributed by atoms with Crippen molar-refractivity contribution >= 4 is 40.9 Å². The largest absolute Gasteiger partial charge is 0.352 e. The van der Waals surface area contributed by atoms with Gasteiger partial charge in [-0.25, -0.2) is 0 Å². The molecule has 1 amide bonds. The maximum atomic E-state index is 13.5. The number of halogens is 2. The van der Waals surface area contributed by atoms with Gasteiger partial charge >= 0.3 is 0 Å². The number of hydrogen-bond acceptors (Lipinski definition) is 2. The van der Waals surface area contributed by atoms with Crippen molar-refractivity contribution in [3.05, 3.63) is 82.4 Å². The van der Waals surface area contributed by atoms with Crippen molar-refractivity contribution in [1.29, 1.82) is 0 Å². The van der Waals surface area contributed by atoms with Gasteiger partial charge < -0.3 is 5.32 Å². The van der Waals surface area contributed by atoms with Crippen LogP contribution in [0.5, 0.6) is 0 Å². The highest BCUT2D eigenvalue weighted by atomic mass is 35.5. The summed E-state index contributed by atoms with van der Waals surface area (Å²) in [6.07, 6.45) is 8.94. The first-order chi connectivity index (χ1) is 17.2. The lowest BCUT2D eigenvalue weighted by atomic mass is 9.67. The zero-order valence-corrected chi connectivity index (χ0v) is 24.1. The summed E-state index contributed by atoms with van der Waals surface area (Å²) in [4.78, 5) is 13.5. The van der Waals surface area contributed by atoms with Gasteiger partial charge in [0.2, 0.25) is 5.91 Å². The Morgan fingerprint density at radius 2 is 1.83 bits per heavy atom. The van der Waals surface area contributed by atoms with E-state index in [1.54, 1.807) is 0 Å². The van der Waals surface area contributed by atoms with E-state index >= 15 is 0 Å². The Balaban J connectivity index is 1.78. The summed E-state index contributed by atoms with van der Waals surface area (Å²) in [6, 6.07) is 16.7. The smallest absolute Gasteiger partial charge is 0.226 e. The van der Waals surface area contributed by atoms with Crippen LogP contribution in [0.15, 0.2) is 61.2 Å². The third-order valence-electron chi connectivity index (χ3n) is 8.27. The second kappa shape index (κ2) is 11.5. The lowest BCUT2D eigenvalue weighted by Gasteiger charge is -2.47. The minimum absolute atomic E-state index is 0.0204. The number of thioether (sulfide) groups is 1. The summed E-state index contributed by atoms with van der Waals surface area (Å²) in [5, 5.41) is 5.59. The van der Waals surface area contributed by atoms with Crippen LogP contribution in [0, 0.1) is 11.3 Å². The van der Waals surface area contributed by atoms with Crippen molar-refractivity contribution in [1.82, 2.24) is 5.32 Å². The van der Waals surface area contributed by atoms with Gasteiger partial charge in [-0.05, 0) is 86.3 Å². The molecule has 1 N–H and O–H groups in total. The number of rotatable bonds is 11. The molecular formula is C31H39Cl2NOS. The molecule has 1 aliphatic heterocycles. The van der Waals surface area contributed by atoms with E-state index in [0.717, 1.165) is 35.7 Å². The van der Waals surface area contributed by atoms with Crippen molar-refractivity contribution in [2.45, 2.75) is 87.7 Å². The van der Waals surface area contributed by atoms with Crippen molar-refractivity contribution in [3.8, 4) is 0 Å². The van der Waals surface area contributed by atoms with Gasteiger partial charge in [-0.1, -0.05) is 74.3 Å². The molecule has 0 spiro atoms. The Kier molecular flexibility index (Phi) is 8.85. The Morgan fingerprint density at radius 1 is 1.14 bits per heavy atom. The summed E-state index contributed by atoms with van der Waals surface area (Å²) in [5.74, 6) is 0.917. The highest BCUT2D eigenvalue weighted by Crippen LogP contribution is 2.60. The quantitative estimate of drug-likeness (QED) is 0.286. The van der Waals surface area contributed by atoms with Gasteiger partial charge in [0, 0.05) is 32.0 Å². The molecule has 2 nitrogen and oxygen atoms in total. The van der Waals surface area contributed by atoms with Gasteiger partial charge in [0.1, 0.15) is 0 Å². The SMILES string of the molecule is C=CC[C@@]1(C)C[C@H](c2cccc(Cl)c2)[C@H](C[C@@](SC(CC)CC)(c2ccc(Cl)cc2)C2CC2)NC1=O. The predicted octanol–water partition coefficient (Wildman–Crippen LogP) is 9.17. The van der Waals surface area contributed by atoms with E-state index in [9.17, 15) is 4.79 Å². The molecule has 0 radical (unpaired) electrons. The monoisotopic (exact) mass is 543 g/mol. The third kappa shape index (κ3) is 5.84. The fourth-order valence-corrected chi connectivity index (χ4v) is 8.26. The molecule has 0 bridgehead atoms. The molecule has 1 saturated carbocycles. The van der Waals surface area contributed by atoms with Crippen molar-refractivity contribution in [3.63, 3.8) is 0 Å². The lowest BCUT2D eigenvalue weighted by molar-refractivity contribution is -0.134. The topological polar surface area (TPSA) is 29.1 Å². The summed E-state index contributed by atoms with van der Waals surface area (Å²) in [5.41, 5.74) is 2.07. The molecule has 1 aliphatic carbocycles. The van der Waals surface area contributed by atoms with Gasteiger partial charge in [-0.3, -0.25) is 4.79 Å². The number of amides is 1. The number of hydrogen-bond donors (Lipinski definition) is 1. The molecule has 36 heavy (non-hydrogen) atoms. The van der Waals surface area contributed by atoms with E-state index in [4.69, 9.17) is 23.2 Å². The summed E-state index contributed by atoms with van der Waals surface area (Å²) in [7, 11) is 0. The molecule has 1 heterocycles. The van der Waals surface area contributed by atoms with E-state index in [-0.39, 0.29) is 22.6 Å². The highest BCUT2D eigenvalue weighted by molar-refractivity contribution is 8.00. The molecule has 2 aromatic rings. The van der Waals surface area contributed by atoms with E-state index < -0.39 is 5.41 Å². The first kappa shape index (κ1) is 27.6. The van der Waals surface area contributed by atoms with Crippen molar-refractivity contribution < 1.29 is 4.79 Å². The Hall–Kier alpha value is -1.42. The number of carbonyl (C=O) groups is 1. The molecule has 4 rings (SSSR count). The fraction of sp³-hybridized carbons (Fsp3) is 0.516. The minimum Gasteiger partial charge on any atom is -0.352 e. The van der Waals surface area contributed by atoms with Crippen LogP contribution in [0.3, 0.4) is 0 Å². The van der Waals surface area contributed by atoms with Crippen LogP contribution in [0.1, 0.15) is 82.8 Å². The average molecular weight is 545 g/mol. The molecule has 4 atom stereocenters. The number of piperidine rings is 1. The molecule has 2 aliphatic rings. The van der Waals surface area contributed by atoms with E-state index in [1.807, 2.05) is 30.3 Å². The zero-order valence-electron chi connectivity index (χ0n) is 21.7. The highest BCUT2D eigenvalue weighted by Gasteiger charge is 2.52. The number of benzene rings is 2. The Morgan fingerprint density at radius 3 is 2.42 bits per heavy atom. The lowest BCUT2D eigenvalue weighted by Crippen LogP contribution is -2.55. The Labute approximate surface area is 231 Å². The maximum absolute atomic E-state index is 13.5. The number of allylic oxidation sites excluding steroid dienone is 1. The van der Waals surface area contributed by atoms with E-state index in [0.29, 0.717) is 17.6 Å². The molecule has 0 unspecified atom stereocenters. The normalized spacial score (nSPS) is 25.9. The van der Waals surface area contributed by atoms with Crippen LogP contribution in [-0.4, -0.2) is 17.2 Å². The molecule has 194 valence electrons.